The summed E-state index contributed by atoms with van der Waals surface area (Å²) in [6.07, 6.45) is 0. The van der Waals surface area contributed by atoms with Gasteiger partial charge in [-0.05, 0) is 55.0 Å². The standard InChI is InChI=1S/C18H17FN2O2.C2H6/c1-11-10-15(18(23)14-4-7-16(19)8-5-14)6-9-17(11)21-12(2)20-13(3)22;1-2/h4-10,21H,2H2,1,3H3,(H,20,22);1-2H3. The molecule has 5 heteroatoms. The van der Waals surface area contributed by atoms with Crippen molar-refractivity contribution in [3.63, 3.8) is 0 Å². The fraction of sp³-hybridized carbons (Fsp3) is 0.200. The summed E-state index contributed by atoms with van der Waals surface area (Å²) in [7, 11) is 0. The van der Waals surface area contributed by atoms with Gasteiger partial charge in [0, 0.05) is 23.7 Å². The van der Waals surface area contributed by atoms with Crippen LogP contribution in [0.15, 0.2) is 54.9 Å². The fourth-order valence-electron chi connectivity index (χ4n) is 2.12. The van der Waals surface area contributed by atoms with Gasteiger partial charge in [-0.2, -0.15) is 0 Å². The van der Waals surface area contributed by atoms with Crippen molar-refractivity contribution in [3.8, 4) is 0 Å². The molecule has 0 saturated carbocycles. The predicted octanol–water partition coefficient (Wildman–Crippen LogP) is 4.41. The smallest absolute Gasteiger partial charge is 0.222 e. The summed E-state index contributed by atoms with van der Waals surface area (Å²) in [5.41, 5.74) is 2.49. The second-order valence-electron chi connectivity index (χ2n) is 5.15. The Morgan fingerprint density at radius 1 is 1.00 bits per heavy atom. The minimum atomic E-state index is -0.381. The summed E-state index contributed by atoms with van der Waals surface area (Å²) in [5.74, 6) is -0.421. The molecule has 0 fully saturated rings. The normalized spacial score (nSPS) is 9.48. The molecule has 1 amide bonds. The first-order chi connectivity index (χ1) is 11.9. The van der Waals surface area contributed by atoms with E-state index in [1.165, 1.54) is 31.2 Å². The molecule has 2 aromatic rings. The maximum atomic E-state index is 12.9. The minimum Gasteiger partial charge on any atom is -0.342 e. The van der Waals surface area contributed by atoms with Crippen molar-refractivity contribution < 1.29 is 14.0 Å². The summed E-state index contributed by atoms with van der Waals surface area (Å²) in [6, 6.07) is 10.6. The summed E-state index contributed by atoms with van der Waals surface area (Å²) in [6.45, 7) is 10.9. The van der Waals surface area contributed by atoms with Crippen LogP contribution < -0.4 is 10.6 Å². The van der Waals surface area contributed by atoms with E-state index in [0.29, 0.717) is 16.9 Å². The van der Waals surface area contributed by atoms with Gasteiger partial charge in [-0.25, -0.2) is 4.39 Å². The minimum absolute atomic E-state index is 0.180. The van der Waals surface area contributed by atoms with Gasteiger partial charge < -0.3 is 10.6 Å². The highest BCUT2D eigenvalue weighted by Crippen LogP contribution is 2.20. The maximum absolute atomic E-state index is 12.9. The first kappa shape index (κ1) is 20.1. The summed E-state index contributed by atoms with van der Waals surface area (Å²) in [4.78, 5) is 23.3. The zero-order chi connectivity index (χ0) is 19.0. The molecule has 0 bridgehead atoms. The van der Waals surface area contributed by atoms with E-state index >= 15 is 0 Å². The van der Waals surface area contributed by atoms with Crippen LogP contribution in [0.25, 0.3) is 0 Å². The van der Waals surface area contributed by atoms with Crippen molar-refractivity contribution in [2.45, 2.75) is 27.7 Å². The van der Waals surface area contributed by atoms with Gasteiger partial charge in [0.1, 0.15) is 11.6 Å². The highest BCUT2D eigenvalue weighted by atomic mass is 19.1. The third-order valence-corrected chi connectivity index (χ3v) is 3.21. The van der Waals surface area contributed by atoms with Crippen LogP contribution in [0, 0.1) is 12.7 Å². The molecule has 0 saturated heterocycles. The molecule has 0 aliphatic rings. The lowest BCUT2D eigenvalue weighted by molar-refractivity contribution is -0.118. The first-order valence-corrected chi connectivity index (χ1v) is 8.01. The highest BCUT2D eigenvalue weighted by molar-refractivity contribution is 6.09. The molecule has 0 unspecified atom stereocenters. The van der Waals surface area contributed by atoms with Gasteiger partial charge in [-0.3, -0.25) is 9.59 Å². The van der Waals surface area contributed by atoms with Gasteiger partial charge in [0.2, 0.25) is 5.91 Å². The molecule has 2 rings (SSSR count). The van der Waals surface area contributed by atoms with Crippen LogP contribution in [-0.2, 0) is 4.79 Å². The number of halogens is 1. The molecule has 0 radical (unpaired) electrons. The number of nitrogens with one attached hydrogen (secondary N) is 2. The Bertz CT molecular complexity index is 768. The Hall–Kier alpha value is -2.95. The second-order valence-corrected chi connectivity index (χ2v) is 5.15. The molecule has 2 N–H and O–H groups in total. The largest absolute Gasteiger partial charge is 0.342 e. The molecule has 0 aliphatic carbocycles. The number of carbonyl (C=O) groups excluding carboxylic acids is 2. The lowest BCUT2D eigenvalue weighted by atomic mass is 10.0. The van der Waals surface area contributed by atoms with Crippen molar-refractivity contribution in [1.82, 2.24) is 5.32 Å². The highest BCUT2D eigenvalue weighted by Gasteiger charge is 2.11. The van der Waals surface area contributed by atoms with E-state index in [9.17, 15) is 14.0 Å². The maximum Gasteiger partial charge on any atom is 0.222 e. The Kier molecular flexibility index (Phi) is 7.53. The third-order valence-electron chi connectivity index (χ3n) is 3.21. The van der Waals surface area contributed by atoms with Crippen molar-refractivity contribution in [1.29, 1.82) is 0 Å². The Balaban J connectivity index is 0.00000151. The molecule has 4 nitrogen and oxygen atoms in total. The average Bonchev–Trinajstić information content (AvgIpc) is 2.58. The van der Waals surface area contributed by atoms with Crippen LogP contribution in [0.2, 0.25) is 0 Å². The lowest BCUT2D eigenvalue weighted by Gasteiger charge is -2.13. The molecule has 132 valence electrons. The van der Waals surface area contributed by atoms with Gasteiger partial charge in [0.05, 0.1) is 0 Å². The molecule has 2 aromatic carbocycles. The zero-order valence-corrected chi connectivity index (χ0v) is 14.9. The second kappa shape index (κ2) is 9.37. The molecule has 0 heterocycles. The van der Waals surface area contributed by atoms with Crippen LogP contribution in [0.4, 0.5) is 10.1 Å². The van der Waals surface area contributed by atoms with Crippen molar-refractivity contribution in [2.24, 2.45) is 0 Å². The van der Waals surface area contributed by atoms with E-state index in [-0.39, 0.29) is 17.5 Å². The van der Waals surface area contributed by atoms with Crippen molar-refractivity contribution >= 4 is 17.4 Å². The Morgan fingerprint density at radius 3 is 2.08 bits per heavy atom. The molecular weight excluding hydrogens is 319 g/mol. The predicted molar refractivity (Wildman–Crippen MR) is 98.9 cm³/mol. The van der Waals surface area contributed by atoms with Crippen LogP contribution in [0.1, 0.15) is 42.3 Å². The van der Waals surface area contributed by atoms with Crippen molar-refractivity contribution in [2.75, 3.05) is 5.32 Å². The van der Waals surface area contributed by atoms with Gasteiger partial charge >= 0.3 is 0 Å². The number of hydrogen-bond donors (Lipinski definition) is 2. The van der Waals surface area contributed by atoms with E-state index < -0.39 is 0 Å². The SMILES string of the molecule is C=C(NC(C)=O)Nc1ccc(C(=O)c2ccc(F)cc2)cc1C.CC. The average molecular weight is 342 g/mol. The van der Waals surface area contributed by atoms with E-state index in [4.69, 9.17) is 0 Å². The monoisotopic (exact) mass is 342 g/mol. The third kappa shape index (κ3) is 5.88. The quantitative estimate of drug-likeness (QED) is 0.791. The summed E-state index contributed by atoms with van der Waals surface area (Å²) >= 11 is 0. The van der Waals surface area contributed by atoms with E-state index in [2.05, 4.69) is 17.2 Å². The number of ketones is 1. The zero-order valence-electron chi connectivity index (χ0n) is 14.9. The van der Waals surface area contributed by atoms with E-state index in [1.54, 1.807) is 18.2 Å². The van der Waals surface area contributed by atoms with E-state index in [1.807, 2.05) is 20.8 Å². The number of hydrogen-bond acceptors (Lipinski definition) is 3. The summed E-state index contributed by atoms with van der Waals surface area (Å²) in [5, 5.41) is 5.51. The molecule has 0 aliphatic heterocycles. The van der Waals surface area contributed by atoms with Crippen LogP contribution in [0.3, 0.4) is 0 Å². The number of amides is 1. The lowest BCUT2D eigenvalue weighted by Crippen LogP contribution is -2.23. The van der Waals surface area contributed by atoms with Crippen LogP contribution >= 0.6 is 0 Å². The fourth-order valence-corrected chi connectivity index (χ4v) is 2.12. The number of anilines is 1. The first-order valence-electron chi connectivity index (χ1n) is 8.01. The van der Waals surface area contributed by atoms with Crippen LogP contribution in [-0.4, -0.2) is 11.7 Å². The molecular formula is C20H23FN2O2. The van der Waals surface area contributed by atoms with Gasteiger partial charge in [-0.1, -0.05) is 20.4 Å². The Morgan fingerprint density at radius 2 is 1.56 bits per heavy atom. The number of carbonyl (C=O) groups is 2. The van der Waals surface area contributed by atoms with Gasteiger partial charge in [0.15, 0.2) is 5.78 Å². The Labute approximate surface area is 147 Å². The number of rotatable bonds is 5. The number of benzene rings is 2. The van der Waals surface area contributed by atoms with Crippen molar-refractivity contribution in [3.05, 3.63) is 77.4 Å². The van der Waals surface area contributed by atoms with Gasteiger partial charge in [0.25, 0.3) is 0 Å². The summed E-state index contributed by atoms with van der Waals surface area (Å²) < 4.78 is 12.9. The molecule has 0 spiro atoms. The molecule has 0 aromatic heterocycles. The van der Waals surface area contributed by atoms with E-state index in [0.717, 1.165) is 11.3 Å². The van der Waals surface area contributed by atoms with Gasteiger partial charge in [-0.15, -0.1) is 0 Å². The molecule has 25 heavy (non-hydrogen) atoms. The molecule has 0 atom stereocenters. The topological polar surface area (TPSA) is 58.2 Å². The number of aryl methyl sites for hydroxylation is 1. The van der Waals surface area contributed by atoms with Crippen LogP contribution in [0.5, 0.6) is 0 Å².